The Morgan fingerprint density at radius 2 is 1.70 bits per heavy atom. The summed E-state index contributed by atoms with van der Waals surface area (Å²) in [6.07, 6.45) is 2.20. The highest BCUT2D eigenvalue weighted by Crippen LogP contribution is 2.26. The second kappa shape index (κ2) is 8.30. The zero-order valence-electron chi connectivity index (χ0n) is 17.8. The van der Waals surface area contributed by atoms with Gasteiger partial charge in [0.15, 0.2) is 5.82 Å². The fourth-order valence-electron chi connectivity index (χ4n) is 4.16. The molecule has 156 valence electrons. The minimum Gasteiger partial charge on any atom is -0.355 e. The highest BCUT2D eigenvalue weighted by Gasteiger charge is 2.21. The van der Waals surface area contributed by atoms with Crippen LogP contribution in [0.1, 0.15) is 30.9 Å². The van der Waals surface area contributed by atoms with Crippen molar-refractivity contribution < 1.29 is 4.79 Å². The van der Waals surface area contributed by atoms with E-state index in [1.54, 1.807) is 0 Å². The van der Waals surface area contributed by atoms with Gasteiger partial charge in [-0.1, -0.05) is 31.2 Å². The lowest BCUT2D eigenvalue weighted by atomic mass is 9.99. The molecule has 1 fully saturated rings. The summed E-state index contributed by atoms with van der Waals surface area (Å²) in [6, 6.07) is 13.4. The zero-order chi connectivity index (χ0) is 21.3. The molecule has 0 aliphatic carbocycles. The second-order valence-electron chi connectivity index (χ2n) is 8.43. The Morgan fingerprint density at radius 1 is 1.07 bits per heavy atom. The predicted molar refractivity (Wildman–Crippen MR) is 121 cm³/mol. The van der Waals surface area contributed by atoms with Crippen molar-refractivity contribution in [2.24, 2.45) is 5.92 Å². The molecule has 6 heteroatoms. The molecule has 1 aromatic heterocycles. The van der Waals surface area contributed by atoms with E-state index in [1.807, 2.05) is 50.2 Å². The van der Waals surface area contributed by atoms with Crippen LogP contribution in [0.25, 0.3) is 10.8 Å². The summed E-state index contributed by atoms with van der Waals surface area (Å²) in [5.41, 5.74) is 2.65. The Balaban J connectivity index is 1.66. The average Bonchev–Trinajstić information content (AvgIpc) is 2.70. The van der Waals surface area contributed by atoms with E-state index in [1.165, 1.54) is 4.68 Å². The molecule has 2 heterocycles. The fraction of sp³-hybridized carbons (Fsp3) is 0.375. The minimum absolute atomic E-state index is 0.117. The number of aryl methyl sites for hydroxylation is 2. The molecule has 30 heavy (non-hydrogen) atoms. The summed E-state index contributed by atoms with van der Waals surface area (Å²) in [5, 5.41) is 8.98. The van der Waals surface area contributed by atoms with Gasteiger partial charge in [0.2, 0.25) is 5.91 Å². The molecule has 0 unspecified atom stereocenters. The summed E-state index contributed by atoms with van der Waals surface area (Å²) < 4.78 is 1.30. The first-order chi connectivity index (χ1) is 14.4. The Bertz CT molecular complexity index is 1120. The fourth-order valence-corrected chi connectivity index (χ4v) is 4.16. The number of hydrogen-bond donors (Lipinski definition) is 1. The zero-order valence-corrected chi connectivity index (χ0v) is 17.8. The molecule has 2 aromatic carbocycles. The van der Waals surface area contributed by atoms with Crippen molar-refractivity contribution in [1.82, 2.24) is 9.78 Å². The normalized spacial score (nSPS) is 14.8. The van der Waals surface area contributed by atoms with Crippen molar-refractivity contribution >= 4 is 28.2 Å². The van der Waals surface area contributed by atoms with Crippen LogP contribution >= 0.6 is 0 Å². The third-order valence-corrected chi connectivity index (χ3v) is 5.73. The van der Waals surface area contributed by atoms with Crippen LogP contribution in [0.3, 0.4) is 0 Å². The van der Waals surface area contributed by atoms with E-state index < -0.39 is 0 Å². The maximum atomic E-state index is 13.0. The van der Waals surface area contributed by atoms with Crippen LogP contribution in [0, 0.1) is 19.8 Å². The highest BCUT2D eigenvalue weighted by molar-refractivity contribution is 5.93. The van der Waals surface area contributed by atoms with Gasteiger partial charge in [-0.2, -0.15) is 5.10 Å². The van der Waals surface area contributed by atoms with Crippen molar-refractivity contribution in [2.75, 3.05) is 23.3 Å². The van der Waals surface area contributed by atoms with Gasteiger partial charge in [0.05, 0.1) is 5.39 Å². The van der Waals surface area contributed by atoms with Crippen LogP contribution in [-0.4, -0.2) is 28.8 Å². The molecule has 0 atom stereocenters. The number of benzene rings is 2. The van der Waals surface area contributed by atoms with E-state index in [2.05, 4.69) is 28.3 Å². The monoisotopic (exact) mass is 404 g/mol. The Hall–Kier alpha value is -3.15. The van der Waals surface area contributed by atoms with E-state index in [4.69, 9.17) is 0 Å². The van der Waals surface area contributed by atoms with E-state index in [0.29, 0.717) is 11.3 Å². The number of fused-ring (bicyclic) bond motifs is 1. The summed E-state index contributed by atoms with van der Waals surface area (Å²) >= 11 is 0. The first-order valence-corrected chi connectivity index (χ1v) is 10.5. The molecular weight excluding hydrogens is 376 g/mol. The summed E-state index contributed by atoms with van der Waals surface area (Å²) in [7, 11) is 0. The van der Waals surface area contributed by atoms with E-state index in [9.17, 15) is 9.59 Å². The number of carbonyl (C=O) groups is 1. The van der Waals surface area contributed by atoms with Crippen LogP contribution in [0.5, 0.6) is 0 Å². The summed E-state index contributed by atoms with van der Waals surface area (Å²) in [6.45, 7) is 7.94. The molecule has 3 aromatic rings. The number of hydrogen-bond acceptors (Lipinski definition) is 4. The van der Waals surface area contributed by atoms with Crippen LogP contribution < -0.4 is 15.8 Å². The maximum Gasteiger partial charge on any atom is 0.275 e. The van der Waals surface area contributed by atoms with E-state index >= 15 is 0 Å². The molecule has 1 aliphatic heterocycles. The molecule has 0 bridgehead atoms. The van der Waals surface area contributed by atoms with Gasteiger partial charge in [0, 0.05) is 24.2 Å². The van der Waals surface area contributed by atoms with Crippen LogP contribution in [0.15, 0.2) is 47.3 Å². The first kappa shape index (κ1) is 20.1. The van der Waals surface area contributed by atoms with E-state index in [0.717, 1.165) is 53.9 Å². The van der Waals surface area contributed by atoms with Crippen molar-refractivity contribution in [2.45, 2.75) is 40.2 Å². The molecule has 6 nitrogen and oxygen atoms in total. The minimum atomic E-state index is -0.261. The number of nitrogens with one attached hydrogen (secondary N) is 1. The molecule has 4 rings (SSSR count). The van der Waals surface area contributed by atoms with Crippen LogP contribution in [0.2, 0.25) is 0 Å². The number of amides is 1. The van der Waals surface area contributed by atoms with Gasteiger partial charge >= 0.3 is 0 Å². The lowest BCUT2D eigenvalue weighted by Gasteiger charge is -2.32. The first-order valence-electron chi connectivity index (χ1n) is 10.5. The van der Waals surface area contributed by atoms with Crippen molar-refractivity contribution in [1.29, 1.82) is 0 Å². The van der Waals surface area contributed by atoms with Crippen LogP contribution in [0.4, 0.5) is 11.5 Å². The molecule has 0 saturated carbocycles. The van der Waals surface area contributed by atoms with Crippen LogP contribution in [-0.2, 0) is 11.3 Å². The van der Waals surface area contributed by atoms with Gasteiger partial charge in [0.1, 0.15) is 6.54 Å². The van der Waals surface area contributed by atoms with Gasteiger partial charge < -0.3 is 10.2 Å². The van der Waals surface area contributed by atoms with Crippen molar-refractivity contribution in [3.63, 3.8) is 0 Å². The molecule has 1 aliphatic rings. The summed E-state index contributed by atoms with van der Waals surface area (Å²) in [4.78, 5) is 27.9. The quantitative estimate of drug-likeness (QED) is 0.716. The molecule has 1 N–H and O–H groups in total. The van der Waals surface area contributed by atoms with Gasteiger partial charge in [-0.25, -0.2) is 4.68 Å². The summed E-state index contributed by atoms with van der Waals surface area (Å²) in [5.74, 6) is 1.22. The van der Waals surface area contributed by atoms with Gasteiger partial charge in [0.25, 0.3) is 5.56 Å². The third kappa shape index (κ3) is 4.22. The third-order valence-electron chi connectivity index (χ3n) is 5.73. The SMILES string of the molecule is Cc1cc(C)cc(NC(=O)Cn2nc(N3CCC(C)CC3)c3ccccc3c2=O)c1. The number of aromatic nitrogens is 2. The largest absolute Gasteiger partial charge is 0.355 e. The molecule has 1 amide bonds. The smallest absolute Gasteiger partial charge is 0.275 e. The van der Waals surface area contributed by atoms with Crippen molar-refractivity contribution in [3.05, 3.63) is 63.9 Å². The Kier molecular flexibility index (Phi) is 5.57. The number of rotatable bonds is 4. The lowest BCUT2D eigenvalue weighted by Crippen LogP contribution is -2.37. The maximum absolute atomic E-state index is 13.0. The van der Waals surface area contributed by atoms with Gasteiger partial charge in [-0.15, -0.1) is 0 Å². The molecule has 0 spiro atoms. The molecular formula is C24H28N4O2. The van der Waals surface area contributed by atoms with Crippen molar-refractivity contribution in [3.8, 4) is 0 Å². The average molecular weight is 405 g/mol. The van der Waals surface area contributed by atoms with E-state index in [-0.39, 0.29) is 18.0 Å². The topological polar surface area (TPSA) is 67.2 Å². The predicted octanol–water partition coefficient (Wildman–Crippen LogP) is 3.89. The number of carbonyl (C=O) groups excluding carboxylic acids is 1. The molecule has 0 radical (unpaired) electrons. The number of nitrogens with zero attached hydrogens (tertiary/aromatic N) is 3. The van der Waals surface area contributed by atoms with Gasteiger partial charge in [-0.3, -0.25) is 9.59 Å². The number of piperidine rings is 1. The Morgan fingerprint density at radius 3 is 2.37 bits per heavy atom. The Labute approximate surface area is 176 Å². The van der Waals surface area contributed by atoms with Gasteiger partial charge in [-0.05, 0) is 61.9 Å². The highest BCUT2D eigenvalue weighted by atomic mass is 16.2. The lowest BCUT2D eigenvalue weighted by molar-refractivity contribution is -0.117. The standard InChI is InChI=1S/C24H28N4O2/c1-16-8-10-27(11-9-16)23-20-6-4-5-7-21(20)24(30)28(26-23)15-22(29)25-19-13-17(2)12-18(3)14-19/h4-7,12-14,16H,8-11,15H2,1-3H3,(H,25,29). The second-order valence-corrected chi connectivity index (χ2v) is 8.43. The molecule has 1 saturated heterocycles. The number of anilines is 2.